The number of nitrogens with zero attached hydrogens (tertiary/aromatic N) is 2. The minimum atomic E-state index is 1.00. The second kappa shape index (κ2) is 15.4. The van der Waals surface area contributed by atoms with Crippen molar-refractivity contribution in [1.29, 1.82) is 0 Å². The minimum absolute atomic E-state index is 1.00. The maximum absolute atomic E-state index is 2.47. The van der Waals surface area contributed by atoms with Crippen LogP contribution in [0.1, 0.15) is 35.1 Å². The summed E-state index contributed by atoms with van der Waals surface area (Å²) in [4.78, 5) is 0. The van der Waals surface area contributed by atoms with Crippen molar-refractivity contribution in [3.63, 3.8) is 0 Å². The van der Waals surface area contributed by atoms with Gasteiger partial charge < -0.3 is 9.13 Å². The van der Waals surface area contributed by atoms with Gasteiger partial charge in [-0.15, -0.1) is 0 Å². The smallest absolute Gasteiger partial charge is 0.0541 e. The molecular formula is C68H46N2. The van der Waals surface area contributed by atoms with E-state index in [1.807, 2.05) is 0 Å². The third-order valence-corrected chi connectivity index (χ3v) is 15.6. The van der Waals surface area contributed by atoms with E-state index in [2.05, 4.69) is 240 Å². The molecule has 70 heavy (non-hydrogen) atoms. The first-order valence-corrected chi connectivity index (χ1v) is 24.8. The molecule has 15 rings (SSSR count). The Balaban J connectivity index is 0.817. The molecule has 12 aromatic rings. The summed E-state index contributed by atoms with van der Waals surface area (Å²) >= 11 is 0. The van der Waals surface area contributed by atoms with Crippen molar-refractivity contribution < 1.29 is 0 Å². The predicted molar refractivity (Wildman–Crippen MR) is 295 cm³/mol. The number of hydrogen-bond donors (Lipinski definition) is 0. The van der Waals surface area contributed by atoms with E-state index in [1.54, 1.807) is 0 Å². The average molecular weight is 891 g/mol. The van der Waals surface area contributed by atoms with Gasteiger partial charge in [0, 0.05) is 32.9 Å². The first kappa shape index (κ1) is 39.3. The Hall–Kier alpha value is -8.72. The van der Waals surface area contributed by atoms with E-state index >= 15 is 0 Å². The first-order valence-electron chi connectivity index (χ1n) is 24.8. The number of fused-ring (bicyclic) bond motifs is 12. The second-order valence-electron chi connectivity index (χ2n) is 19.5. The van der Waals surface area contributed by atoms with Crippen molar-refractivity contribution in [1.82, 2.24) is 9.13 Å². The molecule has 0 radical (unpaired) electrons. The van der Waals surface area contributed by atoms with Crippen LogP contribution in [-0.2, 0) is 12.8 Å². The van der Waals surface area contributed by atoms with Crippen LogP contribution in [0.3, 0.4) is 0 Å². The molecule has 2 heteroatoms. The van der Waals surface area contributed by atoms with Crippen LogP contribution in [0.15, 0.2) is 231 Å². The normalized spacial score (nSPS) is 13.5. The second-order valence-corrected chi connectivity index (χ2v) is 19.5. The van der Waals surface area contributed by atoms with Crippen molar-refractivity contribution in [2.75, 3.05) is 0 Å². The van der Waals surface area contributed by atoms with Crippen molar-refractivity contribution in [3.8, 4) is 72.4 Å². The van der Waals surface area contributed by atoms with Gasteiger partial charge in [0.1, 0.15) is 0 Å². The summed E-state index contributed by atoms with van der Waals surface area (Å²) in [5, 5.41) is 5.06. The number of rotatable bonds is 6. The lowest BCUT2D eigenvalue weighted by atomic mass is 9.96. The van der Waals surface area contributed by atoms with Crippen molar-refractivity contribution >= 4 is 49.3 Å². The fourth-order valence-corrected chi connectivity index (χ4v) is 12.1. The molecule has 0 spiro atoms. The predicted octanol–water partition coefficient (Wildman–Crippen LogP) is 17.9. The quantitative estimate of drug-likeness (QED) is 0.157. The lowest BCUT2D eigenvalue weighted by molar-refractivity contribution is 1.02. The van der Waals surface area contributed by atoms with Gasteiger partial charge in [0.2, 0.25) is 0 Å². The Morgan fingerprint density at radius 2 is 0.671 bits per heavy atom. The monoisotopic (exact) mass is 890 g/mol. The fourth-order valence-electron chi connectivity index (χ4n) is 12.1. The largest absolute Gasteiger partial charge is 0.310 e. The highest BCUT2D eigenvalue weighted by atomic mass is 15.0. The first-order chi connectivity index (χ1) is 34.7. The Morgan fingerprint density at radius 3 is 1.14 bits per heavy atom. The molecule has 2 nitrogen and oxygen atoms in total. The molecule has 0 fully saturated rings. The molecule has 3 aliphatic rings. The van der Waals surface area contributed by atoms with Gasteiger partial charge in [0.05, 0.1) is 22.1 Å². The van der Waals surface area contributed by atoms with E-state index in [0.29, 0.717) is 0 Å². The SMILES string of the molecule is C1=CC(n2c3ccc(-c4ccc(-c5ccc6c(c5)c5cc(-c7ccc8c(c7)-c7ccccc7C8)ccc5n6-c5ccccc5)cc4)cc3c3cc(-c4ccc5c(c4)-c4ccccc4C5)ccc32)=CCC1. The topological polar surface area (TPSA) is 9.86 Å². The molecule has 0 aliphatic heterocycles. The van der Waals surface area contributed by atoms with Crippen LogP contribution >= 0.6 is 0 Å². The van der Waals surface area contributed by atoms with Crippen molar-refractivity contribution in [2.24, 2.45) is 0 Å². The van der Waals surface area contributed by atoms with Gasteiger partial charge in [0.15, 0.2) is 0 Å². The molecule has 2 aromatic heterocycles. The van der Waals surface area contributed by atoms with Gasteiger partial charge in [-0.2, -0.15) is 0 Å². The van der Waals surface area contributed by atoms with Gasteiger partial charge in [-0.3, -0.25) is 0 Å². The summed E-state index contributed by atoms with van der Waals surface area (Å²) in [5.41, 5.74) is 28.3. The molecule has 0 bridgehead atoms. The number of allylic oxidation sites excluding steroid dienone is 4. The van der Waals surface area contributed by atoms with Crippen LogP contribution in [0.5, 0.6) is 0 Å². The Morgan fingerprint density at radius 1 is 0.286 bits per heavy atom. The number of hydrogen-bond acceptors (Lipinski definition) is 0. The standard InChI is InChI=1S/C68H46N2/c1-3-13-55(14-4-1)69-65-31-27-45(39-61(65)63-41-49(29-33-67(63)69)47-23-25-53-35-51-11-7-9-17-57(51)59(53)37-47)43-19-21-44(22-20-43)46-28-32-66-62(40-46)64-42-50(30-34-68(64)70(66)56-15-5-2-6-16-56)48-24-26-54-36-52-12-8-10-18-58(52)60(54)38-48/h1,3-5,7-34,37-42H,2,6,35-36H2. The van der Waals surface area contributed by atoms with Gasteiger partial charge in [-0.1, -0.05) is 152 Å². The van der Waals surface area contributed by atoms with Crippen LogP contribution in [0.2, 0.25) is 0 Å². The van der Waals surface area contributed by atoms with Gasteiger partial charge in [-0.25, -0.2) is 0 Å². The summed E-state index contributed by atoms with van der Waals surface area (Å²) in [6, 6.07) is 80.0. The highest BCUT2D eigenvalue weighted by Crippen LogP contribution is 2.44. The highest BCUT2D eigenvalue weighted by Gasteiger charge is 2.22. The van der Waals surface area contributed by atoms with Crippen LogP contribution in [0.4, 0.5) is 0 Å². The lowest BCUT2D eigenvalue weighted by Gasteiger charge is -2.12. The molecular weight excluding hydrogens is 845 g/mol. The maximum Gasteiger partial charge on any atom is 0.0541 e. The van der Waals surface area contributed by atoms with Gasteiger partial charge in [-0.05, 0) is 194 Å². The molecule has 0 saturated carbocycles. The lowest BCUT2D eigenvalue weighted by Crippen LogP contribution is -1.97. The summed E-state index contributed by atoms with van der Waals surface area (Å²) in [5.74, 6) is 0. The summed E-state index contributed by atoms with van der Waals surface area (Å²) < 4.78 is 4.89. The molecule has 0 N–H and O–H groups in total. The van der Waals surface area contributed by atoms with Gasteiger partial charge >= 0.3 is 0 Å². The molecule has 10 aromatic carbocycles. The van der Waals surface area contributed by atoms with E-state index < -0.39 is 0 Å². The zero-order valence-electron chi connectivity index (χ0n) is 38.7. The third-order valence-electron chi connectivity index (χ3n) is 15.6. The summed E-state index contributed by atoms with van der Waals surface area (Å²) in [6.07, 6.45) is 11.1. The molecule has 2 heterocycles. The average Bonchev–Trinajstić information content (AvgIpc) is 4.18. The minimum Gasteiger partial charge on any atom is -0.310 e. The summed E-state index contributed by atoms with van der Waals surface area (Å²) in [6.45, 7) is 0. The molecule has 328 valence electrons. The fraction of sp³-hybridized carbons (Fsp3) is 0.0588. The third kappa shape index (κ3) is 6.13. The molecule has 3 aliphatic carbocycles. The number of benzene rings is 10. The van der Waals surface area contributed by atoms with Crippen molar-refractivity contribution in [3.05, 3.63) is 253 Å². The Bertz CT molecular complexity index is 4210. The van der Waals surface area contributed by atoms with E-state index in [9.17, 15) is 0 Å². The van der Waals surface area contributed by atoms with E-state index in [4.69, 9.17) is 0 Å². The molecule has 0 unspecified atom stereocenters. The Kier molecular flexibility index (Phi) is 8.64. The zero-order valence-corrected chi connectivity index (χ0v) is 38.7. The van der Waals surface area contributed by atoms with Crippen LogP contribution < -0.4 is 0 Å². The highest BCUT2D eigenvalue weighted by molar-refractivity contribution is 6.14. The molecule has 0 saturated heterocycles. The van der Waals surface area contributed by atoms with E-state index in [-0.39, 0.29) is 0 Å². The van der Waals surface area contributed by atoms with E-state index in [1.165, 1.54) is 144 Å². The van der Waals surface area contributed by atoms with Crippen LogP contribution in [0.25, 0.3) is 122 Å². The van der Waals surface area contributed by atoms with Crippen LogP contribution in [-0.4, -0.2) is 9.13 Å². The number of para-hydroxylation sites is 1. The van der Waals surface area contributed by atoms with Crippen molar-refractivity contribution in [2.45, 2.75) is 25.7 Å². The van der Waals surface area contributed by atoms with Gasteiger partial charge in [0.25, 0.3) is 0 Å². The van der Waals surface area contributed by atoms with Crippen LogP contribution in [0, 0.1) is 0 Å². The summed E-state index contributed by atoms with van der Waals surface area (Å²) in [7, 11) is 0. The number of aromatic nitrogens is 2. The zero-order chi connectivity index (χ0) is 45.9. The maximum atomic E-state index is 2.47. The van der Waals surface area contributed by atoms with E-state index in [0.717, 1.165) is 25.7 Å². The Labute approximate surface area is 407 Å². The molecule has 0 amide bonds. The molecule has 0 atom stereocenters.